The zero-order valence-corrected chi connectivity index (χ0v) is 7.66. The summed E-state index contributed by atoms with van der Waals surface area (Å²) in [7, 11) is 1.62. The molecule has 1 aromatic carbocycles. The Morgan fingerprint density at radius 3 is 2.08 bits per heavy atom. The van der Waals surface area contributed by atoms with E-state index in [0.717, 1.165) is 11.3 Å². The predicted molar refractivity (Wildman–Crippen MR) is 46.1 cm³/mol. The molecule has 0 bridgehead atoms. The van der Waals surface area contributed by atoms with Gasteiger partial charge in [-0.3, -0.25) is 0 Å². The summed E-state index contributed by atoms with van der Waals surface area (Å²) in [5.74, 6) is 0.801. The van der Waals surface area contributed by atoms with Crippen molar-refractivity contribution in [3.8, 4) is 5.75 Å². The Labute approximate surface area is 84.6 Å². The first-order valence-electron chi connectivity index (χ1n) is 3.41. The molecule has 0 saturated heterocycles. The van der Waals surface area contributed by atoms with Crippen LogP contribution in [0.1, 0.15) is 12.5 Å². The average Bonchev–Trinajstić information content (AvgIpc) is 2.05. The third-order valence-electron chi connectivity index (χ3n) is 1.51. The molecule has 0 amide bonds. The fourth-order valence-corrected chi connectivity index (χ4v) is 0.832. The number of hydrogen-bond acceptors (Lipinski definition) is 1. The van der Waals surface area contributed by atoms with Gasteiger partial charge < -0.3 is 10.1 Å². The first-order chi connectivity index (χ1) is 5.24. The summed E-state index contributed by atoms with van der Waals surface area (Å²) in [5, 5.41) is 9.06. The van der Waals surface area contributed by atoms with Crippen molar-refractivity contribution in [2.75, 3.05) is 7.11 Å². The van der Waals surface area contributed by atoms with Crippen molar-refractivity contribution in [2.24, 2.45) is 0 Å². The summed E-state index contributed by atoms with van der Waals surface area (Å²) >= 11 is 0. The van der Waals surface area contributed by atoms with E-state index in [4.69, 9.17) is 10.1 Å². The van der Waals surface area contributed by atoms with Gasteiger partial charge >= 0.3 is 18.9 Å². The molecule has 2 nitrogen and oxygen atoms in total. The van der Waals surface area contributed by atoms with Gasteiger partial charge in [-0.2, -0.15) is 5.71 Å². The summed E-state index contributed by atoms with van der Waals surface area (Å²) < 4.78 is 4.96. The van der Waals surface area contributed by atoms with Gasteiger partial charge in [0.05, 0.1) is 7.11 Å². The molecular formula is C9H10LiNO. The molecule has 0 saturated carbocycles. The molecule has 3 heteroatoms. The van der Waals surface area contributed by atoms with Crippen LogP contribution in [-0.4, -0.2) is 12.8 Å². The Balaban J connectivity index is 0.00000121. The van der Waals surface area contributed by atoms with Gasteiger partial charge in [-0.25, -0.2) is 0 Å². The first kappa shape index (κ1) is 11.3. The van der Waals surface area contributed by atoms with Crippen LogP contribution in [0.3, 0.4) is 0 Å². The van der Waals surface area contributed by atoms with Crippen LogP contribution in [0, 0.1) is 0 Å². The molecule has 0 heterocycles. The number of methoxy groups -OCH3 is 1. The summed E-state index contributed by atoms with van der Waals surface area (Å²) in [6.07, 6.45) is 0. The van der Waals surface area contributed by atoms with Gasteiger partial charge in [0.15, 0.2) is 0 Å². The fraction of sp³-hybridized carbons (Fsp3) is 0.222. The molecule has 0 aliphatic carbocycles. The minimum atomic E-state index is 0. The number of rotatable bonds is 2. The van der Waals surface area contributed by atoms with E-state index in [1.807, 2.05) is 24.3 Å². The van der Waals surface area contributed by atoms with Crippen molar-refractivity contribution in [1.29, 1.82) is 0 Å². The number of ether oxygens (including phenoxy) is 1. The summed E-state index contributed by atoms with van der Waals surface area (Å²) in [6, 6.07) is 7.26. The Bertz CT molecular complexity index is 256. The quantitative estimate of drug-likeness (QED) is 0.401. The fourth-order valence-electron chi connectivity index (χ4n) is 0.832. The van der Waals surface area contributed by atoms with Crippen LogP contribution in [0.2, 0.25) is 0 Å². The molecule has 0 unspecified atom stereocenters. The van der Waals surface area contributed by atoms with Crippen molar-refractivity contribution >= 4 is 5.71 Å². The van der Waals surface area contributed by atoms with E-state index in [-0.39, 0.29) is 18.9 Å². The summed E-state index contributed by atoms with van der Waals surface area (Å²) in [5.41, 5.74) is 1.15. The Hall–Kier alpha value is -0.713. The van der Waals surface area contributed by atoms with E-state index < -0.39 is 0 Å². The zero-order valence-electron chi connectivity index (χ0n) is 7.66. The van der Waals surface area contributed by atoms with E-state index in [1.165, 1.54) is 0 Å². The molecule has 0 atom stereocenters. The molecule has 1 rings (SSSR count). The monoisotopic (exact) mass is 155 g/mol. The minimum Gasteiger partial charge on any atom is -0.807 e. The summed E-state index contributed by atoms with van der Waals surface area (Å²) in [6.45, 7) is 1.65. The van der Waals surface area contributed by atoms with Crippen LogP contribution >= 0.6 is 0 Å². The van der Waals surface area contributed by atoms with E-state index >= 15 is 0 Å². The van der Waals surface area contributed by atoms with Crippen molar-refractivity contribution in [1.82, 2.24) is 0 Å². The maximum Gasteiger partial charge on any atom is 1.00 e. The van der Waals surface area contributed by atoms with Crippen LogP contribution in [0.15, 0.2) is 24.3 Å². The largest absolute Gasteiger partial charge is 1.00 e. The molecule has 0 N–H and O–H groups in total. The molecule has 12 heavy (non-hydrogen) atoms. The molecular weight excluding hydrogens is 145 g/mol. The van der Waals surface area contributed by atoms with Gasteiger partial charge in [0.25, 0.3) is 0 Å². The second-order valence-corrected chi connectivity index (χ2v) is 2.31. The third kappa shape index (κ3) is 2.73. The maximum absolute atomic E-state index is 9.06. The molecule has 0 fully saturated rings. The van der Waals surface area contributed by atoms with Gasteiger partial charge in [0, 0.05) is 0 Å². The Kier molecular flexibility index (Phi) is 4.73. The van der Waals surface area contributed by atoms with Crippen LogP contribution in [0.25, 0.3) is 5.41 Å². The topological polar surface area (TPSA) is 31.5 Å². The van der Waals surface area contributed by atoms with Gasteiger partial charge in [-0.05, 0) is 17.7 Å². The molecule has 0 radical (unpaired) electrons. The standard InChI is InChI=1S/C9H10NO.Li/c1-7(10)8-3-5-9(11-2)6-4-8;/h3-6H,1-2H3;/q-1;+1. The first-order valence-corrected chi connectivity index (χ1v) is 3.41. The Morgan fingerprint density at radius 2 is 1.75 bits per heavy atom. The molecule has 58 valence electrons. The van der Waals surface area contributed by atoms with Gasteiger partial charge in [0.1, 0.15) is 5.75 Å². The number of hydrogen-bond donors (Lipinski definition) is 0. The SMILES string of the molecule is COc1ccc(C(C)=[N-])cc1.[Li+]. The van der Waals surface area contributed by atoms with E-state index in [2.05, 4.69) is 0 Å². The van der Waals surface area contributed by atoms with Crippen molar-refractivity contribution < 1.29 is 23.6 Å². The van der Waals surface area contributed by atoms with Crippen LogP contribution in [-0.2, 0) is 0 Å². The second-order valence-electron chi connectivity index (χ2n) is 2.31. The van der Waals surface area contributed by atoms with E-state index in [9.17, 15) is 0 Å². The number of benzene rings is 1. The van der Waals surface area contributed by atoms with Crippen molar-refractivity contribution in [3.63, 3.8) is 0 Å². The van der Waals surface area contributed by atoms with Gasteiger partial charge in [-0.15, -0.1) is 0 Å². The Morgan fingerprint density at radius 1 is 1.25 bits per heavy atom. The van der Waals surface area contributed by atoms with Crippen molar-refractivity contribution in [2.45, 2.75) is 6.92 Å². The van der Waals surface area contributed by atoms with Gasteiger partial charge in [-0.1, -0.05) is 19.1 Å². The van der Waals surface area contributed by atoms with Crippen LogP contribution in [0.4, 0.5) is 0 Å². The molecule has 0 aliphatic heterocycles. The zero-order chi connectivity index (χ0) is 8.27. The average molecular weight is 155 g/mol. The summed E-state index contributed by atoms with van der Waals surface area (Å²) in [4.78, 5) is 0. The maximum atomic E-state index is 9.06. The van der Waals surface area contributed by atoms with E-state index in [0.29, 0.717) is 5.71 Å². The molecule has 1 aromatic rings. The number of nitrogens with zero attached hydrogens (tertiary/aromatic N) is 1. The molecule has 0 aromatic heterocycles. The van der Waals surface area contributed by atoms with Crippen LogP contribution < -0.4 is 23.6 Å². The third-order valence-corrected chi connectivity index (χ3v) is 1.51. The predicted octanol–water partition coefficient (Wildman–Crippen LogP) is -0.922. The van der Waals surface area contributed by atoms with Crippen molar-refractivity contribution in [3.05, 3.63) is 35.2 Å². The normalized spacial score (nSPS) is 8.50. The minimum absolute atomic E-state index is 0. The van der Waals surface area contributed by atoms with Crippen LogP contribution in [0.5, 0.6) is 5.75 Å². The second kappa shape index (κ2) is 5.03. The smallest absolute Gasteiger partial charge is 0.807 e. The molecule has 0 aliphatic rings. The van der Waals surface area contributed by atoms with E-state index in [1.54, 1.807) is 14.0 Å². The van der Waals surface area contributed by atoms with Gasteiger partial charge in [0.2, 0.25) is 0 Å². The molecule has 0 spiro atoms.